The third kappa shape index (κ3) is 4.07. The fourth-order valence-electron chi connectivity index (χ4n) is 2.73. The van der Waals surface area contributed by atoms with Crippen LogP contribution in [0.4, 0.5) is 5.00 Å². The number of hydrogen-bond donors (Lipinski definition) is 1. The second-order valence-electron chi connectivity index (χ2n) is 5.97. The van der Waals surface area contributed by atoms with Crippen molar-refractivity contribution < 1.29 is 28.6 Å². The van der Waals surface area contributed by atoms with Gasteiger partial charge in [-0.05, 0) is 50.1 Å². The Kier molecular flexibility index (Phi) is 5.79. The van der Waals surface area contributed by atoms with E-state index < -0.39 is 11.9 Å². The molecule has 0 fully saturated rings. The fraction of sp³-hybridized carbons (Fsp3) is 0.250. The first kappa shape index (κ1) is 19.6. The zero-order chi connectivity index (χ0) is 20.3. The minimum Gasteiger partial charge on any atom is -0.462 e. The van der Waals surface area contributed by atoms with Crippen LogP contribution in [0.15, 0.2) is 24.3 Å². The molecular formula is C20H19NO6S. The van der Waals surface area contributed by atoms with E-state index >= 15 is 0 Å². The summed E-state index contributed by atoms with van der Waals surface area (Å²) in [4.78, 5) is 36.9. The Morgan fingerprint density at radius 3 is 2.71 bits per heavy atom. The van der Waals surface area contributed by atoms with Crippen molar-refractivity contribution in [3.63, 3.8) is 0 Å². The van der Waals surface area contributed by atoms with Crippen molar-refractivity contribution >= 4 is 40.1 Å². The molecule has 2 heterocycles. The highest BCUT2D eigenvalue weighted by Crippen LogP contribution is 2.35. The van der Waals surface area contributed by atoms with E-state index in [0.717, 1.165) is 16.9 Å². The Morgan fingerprint density at radius 2 is 2.00 bits per heavy atom. The zero-order valence-electron chi connectivity index (χ0n) is 15.7. The highest BCUT2D eigenvalue weighted by molar-refractivity contribution is 7.18. The van der Waals surface area contributed by atoms with Crippen LogP contribution in [0.1, 0.15) is 45.0 Å². The van der Waals surface area contributed by atoms with Gasteiger partial charge in [0.15, 0.2) is 17.3 Å². The third-order valence-electron chi connectivity index (χ3n) is 4.01. The highest BCUT2D eigenvalue weighted by atomic mass is 32.1. The number of carbonyl (C=O) groups is 3. The van der Waals surface area contributed by atoms with Gasteiger partial charge in [0, 0.05) is 6.08 Å². The summed E-state index contributed by atoms with van der Waals surface area (Å²) in [7, 11) is 0. The summed E-state index contributed by atoms with van der Waals surface area (Å²) in [5, 5.41) is 2.97. The second kappa shape index (κ2) is 8.26. The molecule has 1 aliphatic heterocycles. The monoisotopic (exact) mass is 401 g/mol. The minimum atomic E-state index is -0.571. The number of hydrogen-bond acceptors (Lipinski definition) is 7. The summed E-state index contributed by atoms with van der Waals surface area (Å²) in [6.45, 7) is 5.14. The number of thiophene rings is 1. The molecule has 0 bridgehead atoms. The molecule has 1 amide bonds. The average Bonchev–Trinajstić information content (AvgIpc) is 3.24. The lowest BCUT2D eigenvalue weighted by Crippen LogP contribution is -2.12. The Bertz CT molecular complexity index is 975. The number of ether oxygens (including phenoxy) is 3. The predicted molar refractivity (Wildman–Crippen MR) is 105 cm³/mol. The van der Waals surface area contributed by atoms with Gasteiger partial charge in [-0.2, -0.15) is 0 Å². The summed E-state index contributed by atoms with van der Waals surface area (Å²) < 4.78 is 15.6. The number of esters is 1. The van der Waals surface area contributed by atoms with E-state index in [2.05, 4.69) is 5.32 Å². The van der Waals surface area contributed by atoms with Crippen LogP contribution in [-0.4, -0.2) is 31.1 Å². The summed E-state index contributed by atoms with van der Waals surface area (Å²) in [5.74, 6) is 0.0986. The zero-order valence-corrected chi connectivity index (χ0v) is 16.5. The van der Waals surface area contributed by atoms with E-state index in [1.165, 1.54) is 13.0 Å². The van der Waals surface area contributed by atoms with E-state index in [9.17, 15) is 14.4 Å². The number of nitrogens with one attached hydrogen (secondary N) is 1. The number of ketones is 1. The molecule has 0 aliphatic carbocycles. The van der Waals surface area contributed by atoms with Gasteiger partial charge in [-0.1, -0.05) is 6.07 Å². The number of rotatable bonds is 6. The topological polar surface area (TPSA) is 90.9 Å². The Balaban J connectivity index is 1.80. The van der Waals surface area contributed by atoms with Gasteiger partial charge in [-0.25, -0.2) is 4.79 Å². The molecule has 2 aromatic rings. The number of amides is 1. The molecule has 0 radical (unpaired) electrons. The van der Waals surface area contributed by atoms with Crippen LogP contribution in [0.3, 0.4) is 0 Å². The molecule has 1 aromatic carbocycles. The number of fused-ring (bicyclic) bond motifs is 1. The molecule has 1 aliphatic rings. The van der Waals surface area contributed by atoms with Gasteiger partial charge in [0.2, 0.25) is 12.7 Å². The number of Topliss-reactive ketones (excluding diaryl/α,β-unsaturated/α-hetero) is 1. The highest BCUT2D eigenvalue weighted by Gasteiger charge is 2.24. The molecule has 0 saturated carbocycles. The maximum atomic E-state index is 12.4. The van der Waals surface area contributed by atoms with E-state index in [4.69, 9.17) is 14.2 Å². The predicted octanol–water partition coefficient (Wildman–Crippen LogP) is 3.82. The molecule has 146 valence electrons. The normalized spacial score (nSPS) is 12.2. The number of benzene rings is 1. The smallest absolute Gasteiger partial charge is 0.341 e. The van der Waals surface area contributed by atoms with Crippen LogP contribution in [0.25, 0.3) is 6.08 Å². The van der Waals surface area contributed by atoms with Gasteiger partial charge in [0.05, 0.1) is 17.0 Å². The maximum Gasteiger partial charge on any atom is 0.341 e. The first-order valence-electron chi connectivity index (χ1n) is 8.60. The van der Waals surface area contributed by atoms with Crippen LogP contribution in [-0.2, 0) is 9.53 Å². The van der Waals surface area contributed by atoms with Crippen LogP contribution in [0.2, 0.25) is 0 Å². The minimum absolute atomic E-state index is 0.176. The van der Waals surface area contributed by atoms with Gasteiger partial charge < -0.3 is 19.5 Å². The fourth-order valence-corrected chi connectivity index (χ4v) is 3.82. The second-order valence-corrected chi connectivity index (χ2v) is 6.99. The van der Waals surface area contributed by atoms with Crippen molar-refractivity contribution in [2.24, 2.45) is 0 Å². The van der Waals surface area contributed by atoms with Crippen molar-refractivity contribution in [1.29, 1.82) is 0 Å². The largest absolute Gasteiger partial charge is 0.462 e. The number of carbonyl (C=O) groups excluding carboxylic acids is 3. The average molecular weight is 401 g/mol. The standard InChI is InChI=1S/C20H19NO6S/c1-4-25-20(24)17-11(2)18(12(3)22)28-19(17)21-16(23)8-6-13-5-7-14-15(9-13)27-10-26-14/h5-9H,4,10H2,1-3H3,(H,21,23)/b8-6-. The Morgan fingerprint density at radius 1 is 1.25 bits per heavy atom. The SMILES string of the molecule is CCOC(=O)c1c(NC(=O)/C=C\c2ccc3c(c2)OCO3)sc(C(C)=O)c1C. The Labute approximate surface area is 165 Å². The lowest BCUT2D eigenvalue weighted by molar-refractivity contribution is -0.111. The summed E-state index contributed by atoms with van der Waals surface area (Å²) in [5.41, 5.74) is 1.48. The molecule has 28 heavy (non-hydrogen) atoms. The van der Waals surface area contributed by atoms with Crippen LogP contribution in [0, 0.1) is 6.92 Å². The third-order valence-corrected chi connectivity index (χ3v) is 5.31. The number of anilines is 1. The first-order chi connectivity index (χ1) is 13.4. The van der Waals surface area contributed by atoms with E-state index in [-0.39, 0.29) is 24.7 Å². The van der Waals surface area contributed by atoms with Crippen molar-refractivity contribution in [3.05, 3.63) is 45.8 Å². The Hall–Kier alpha value is -3.13. The molecule has 8 heteroatoms. The lowest BCUT2D eigenvalue weighted by atomic mass is 10.1. The summed E-state index contributed by atoms with van der Waals surface area (Å²) >= 11 is 1.06. The van der Waals surface area contributed by atoms with Crippen LogP contribution in [0.5, 0.6) is 11.5 Å². The van der Waals surface area contributed by atoms with Crippen LogP contribution < -0.4 is 14.8 Å². The van der Waals surface area contributed by atoms with Gasteiger partial charge >= 0.3 is 5.97 Å². The summed E-state index contributed by atoms with van der Waals surface area (Å²) in [6, 6.07) is 5.32. The van der Waals surface area contributed by atoms with Gasteiger partial charge in [0.1, 0.15) is 5.00 Å². The molecule has 7 nitrogen and oxygen atoms in total. The maximum absolute atomic E-state index is 12.4. The van der Waals surface area contributed by atoms with Crippen molar-refractivity contribution in [2.75, 3.05) is 18.7 Å². The van der Waals surface area contributed by atoms with Crippen molar-refractivity contribution in [2.45, 2.75) is 20.8 Å². The first-order valence-corrected chi connectivity index (χ1v) is 9.42. The summed E-state index contributed by atoms with van der Waals surface area (Å²) in [6.07, 6.45) is 2.96. The van der Waals surface area contributed by atoms with Gasteiger partial charge in [-0.3, -0.25) is 9.59 Å². The molecular weight excluding hydrogens is 382 g/mol. The van der Waals surface area contributed by atoms with Crippen molar-refractivity contribution in [1.82, 2.24) is 0 Å². The quantitative estimate of drug-likeness (QED) is 0.450. The molecule has 0 saturated heterocycles. The van der Waals surface area contributed by atoms with Gasteiger partial charge in [0.25, 0.3) is 0 Å². The molecule has 3 rings (SSSR count). The van der Waals surface area contributed by atoms with E-state index in [1.807, 2.05) is 0 Å². The molecule has 0 unspecified atom stereocenters. The van der Waals surface area contributed by atoms with Crippen LogP contribution >= 0.6 is 11.3 Å². The van der Waals surface area contributed by atoms with E-state index in [0.29, 0.717) is 26.9 Å². The molecule has 1 N–H and O–H groups in total. The lowest BCUT2D eigenvalue weighted by Gasteiger charge is -2.05. The van der Waals surface area contributed by atoms with Crippen molar-refractivity contribution in [3.8, 4) is 11.5 Å². The molecule has 0 spiro atoms. The van der Waals surface area contributed by atoms with Gasteiger partial charge in [-0.15, -0.1) is 11.3 Å². The molecule has 1 aromatic heterocycles. The van der Waals surface area contributed by atoms with E-state index in [1.54, 1.807) is 38.1 Å². The molecule has 0 atom stereocenters.